The van der Waals surface area contributed by atoms with Crippen LogP contribution in [0, 0.1) is 5.92 Å². The summed E-state index contributed by atoms with van der Waals surface area (Å²) in [5.41, 5.74) is 3.28. The third-order valence-corrected chi connectivity index (χ3v) is 6.81. The molecule has 0 saturated carbocycles. The highest BCUT2D eigenvalue weighted by atomic mass is 16.5. The smallest absolute Gasteiger partial charge is 0.277 e. The lowest BCUT2D eigenvalue weighted by Crippen LogP contribution is -2.39. The maximum Gasteiger partial charge on any atom is 0.277 e. The minimum absolute atomic E-state index is 0.136. The van der Waals surface area contributed by atoms with Crippen molar-refractivity contribution in [1.29, 1.82) is 0 Å². The number of nitrogens with zero attached hydrogens (tertiary/aromatic N) is 2. The van der Waals surface area contributed by atoms with Crippen LogP contribution in [0.3, 0.4) is 0 Å². The Morgan fingerprint density at radius 2 is 1.61 bits per heavy atom. The zero-order valence-corrected chi connectivity index (χ0v) is 19.8. The van der Waals surface area contributed by atoms with E-state index in [0.717, 1.165) is 62.9 Å². The normalized spacial score (nSPS) is 17.3. The molecule has 0 bridgehead atoms. The van der Waals surface area contributed by atoms with E-state index >= 15 is 0 Å². The molecule has 5 heteroatoms. The molecule has 5 nitrogen and oxygen atoms in total. The highest BCUT2D eigenvalue weighted by Gasteiger charge is 2.41. The topological polar surface area (TPSA) is 49.9 Å². The number of carbonyl (C=O) groups is 2. The molecule has 0 aliphatic carbocycles. The van der Waals surface area contributed by atoms with E-state index in [4.69, 9.17) is 4.74 Å². The van der Waals surface area contributed by atoms with Crippen LogP contribution >= 0.6 is 0 Å². The fourth-order valence-corrected chi connectivity index (χ4v) is 4.91. The van der Waals surface area contributed by atoms with Crippen molar-refractivity contribution in [2.24, 2.45) is 5.92 Å². The molecule has 1 saturated heterocycles. The van der Waals surface area contributed by atoms with Gasteiger partial charge in [0.25, 0.3) is 11.8 Å². The first-order chi connectivity index (χ1) is 16.1. The monoisotopic (exact) mass is 446 g/mol. The molecule has 0 unspecified atom stereocenters. The second-order valence-electron chi connectivity index (χ2n) is 9.04. The maximum absolute atomic E-state index is 13.5. The molecule has 0 atom stereocenters. The molecule has 33 heavy (non-hydrogen) atoms. The molecular weight excluding hydrogens is 412 g/mol. The van der Waals surface area contributed by atoms with Crippen molar-refractivity contribution in [2.75, 3.05) is 26.7 Å². The van der Waals surface area contributed by atoms with E-state index < -0.39 is 0 Å². The highest BCUT2D eigenvalue weighted by molar-refractivity contribution is 6.35. The zero-order chi connectivity index (χ0) is 23.2. The summed E-state index contributed by atoms with van der Waals surface area (Å²) in [6, 6.07) is 18.1. The Hall–Kier alpha value is -3.08. The first-order valence-corrected chi connectivity index (χ1v) is 12.2. The Bertz CT molecular complexity index is 990. The first-order valence-electron chi connectivity index (χ1n) is 12.2. The molecule has 2 amide bonds. The van der Waals surface area contributed by atoms with Crippen molar-refractivity contribution in [3.63, 3.8) is 0 Å². The van der Waals surface area contributed by atoms with Gasteiger partial charge in [0, 0.05) is 19.6 Å². The summed E-state index contributed by atoms with van der Waals surface area (Å²) in [6.07, 6.45) is 6.01. The van der Waals surface area contributed by atoms with E-state index in [9.17, 15) is 9.59 Å². The molecule has 0 aromatic heterocycles. The second kappa shape index (κ2) is 10.7. The van der Waals surface area contributed by atoms with Crippen LogP contribution in [-0.4, -0.2) is 48.4 Å². The van der Waals surface area contributed by atoms with Crippen LogP contribution in [-0.2, 0) is 16.0 Å². The molecule has 2 heterocycles. The average Bonchev–Trinajstić information content (AvgIpc) is 3.10. The maximum atomic E-state index is 13.5. The second-order valence-corrected chi connectivity index (χ2v) is 9.04. The summed E-state index contributed by atoms with van der Waals surface area (Å²) in [4.78, 5) is 30.5. The van der Waals surface area contributed by atoms with E-state index in [0.29, 0.717) is 23.7 Å². The van der Waals surface area contributed by atoms with E-state index in [1.807, 2.05) is 30.3 Å². The molecule has 2 aromatic rings. The summed E-state index contributed by atoms with van der Waals surface area (Å²) in [5.74, 6) is 1.03. The van der Waals surface area contributed by atoms with Crippen molar-refractivity contribution >= 4 is 17.4 Å². The van der Waals surface area contributed by atoms with Crippen molar-refractivity contribution in [1.82, 2.24) is 9.80 Å². The van der Waals surface area contributed by atoms with Crippen molar-refractivity contribution in [3.8, 4) is 5.75 Å². The van der Waals surface area contributed by atoms with E-state index in [-0.39, 0.29) is 11.8 Å². The molecule has 0 radical (unpaired) electrons. The largest absolute Gasteiger partial charge is 0.497 e. The van der Waals surface area contributed by atoms with E-state index in [1.54, 1.807) is 7.11 Å². The quantitative estimate of drug-likeness (QED) is 0.405. The Morgan fingerprint density at radius 3 is 2.24 bits per heavy atom. The predicted molar refractivity (Wildman–Crippen MR) is 131 cm³/mol. The fraction of sp³-hybridized carbons (Fsp3) is 0.429. The van der Waals surface area contributed by atoms with E-state index in [1.165, 1.54) is 10.5 Å². The third kappa shape index (κ3) is 5.13. The van der Waals surface area contributed by atoms with Gasteiger partial charge in [-0.25, -0.2) is 0 Å². The number of ether oxygens (including phenoxy) is 1. The molecule has 2 aliphatic heterocycles. The molecule has 0 N–H and O–H groups in total. The number of benzene rings is 2. The Labute approximate surface area is 197 Å². The lowest BCUT2D eigenvalue weighted by molar-refractivity contribution is -0.137. The molecule has 0 spiro atoms. The van der Waals surface area contributed by atoms with Gasteiger partial charge in [-0.05, 0) is 54.9 Å². The Kier molecular flexibility index (Phi) is 7.48. The number of piperidine rings is 1. The van der Waals surface area contributed by atoms with Crippen molar-refractivity contribution in [2.45, 2.75) is 45.4 Å². The average molecular weight is 447 g/mol. The van der Waals surface area contributed by atoms with Gasteiger partial charge in [-0.2, -0.15) is 0 Å². The van der Waals surface area contributed by atoms with Gasteiger partial charge < -0.3 is 9.64 Å². The lowest BCUT2D eigenvalue weighted by atomic mass is 9.89. The van der Waals surface area contributed by atoms with Crippen LogP contribution in [0.15, 0.2) is 60.3 Å². The summed E-state index contributed by atoms with van der Waals surface area (Å²) >= 11 is 0. The number of likely N-dealkylation sites (tertiary alicyclic amines) is 1. The molecular formula is C28H34N2O3. The van der Waals surface area contributed by atoms with Crippen LogP contribution in [0.5, 0.6) is 5.75 Å². The van der Waals surface area contributed by atoms with Gasteiger partial charge in [0.2, 0.25) is 0 Å². The molecule has 4 rings (SSSR count). The van der Waals surface area contributed by atoms with Gasteiger partial charge >= 0.3 is 0 Å². The number of hydrogen-bond donors (Lipinski definition) is 0. The fourth-order valence-electron chi connectivity index (χ4n) is 4.91. The number of imide groups is 1. The zero-order valence-electron chi connectivity index (χ0n) is 19.8. The first kappa shape index (κ1) is 23.1. The van der Waals surface area contributed by atoms with Crippen LogP contribution < -0.4 is 4.74 Å². The van der Waals surface area contributed by atoms with Crippen LogP contribution in [0.4, 0.5) is 0 Å². The minimum Gasteiger partial charge on any atom is -0.497 e. The number of rotatable bonds is 9. The molecule has 174 valence electrons. The van der Waals surface area contributed by atoms with Crippen LogP contribution in [0.2, 0.25) is 0 Å². The van der Waals surface area contributed by atoms with Gasteiger partial charge in [0.15, 0.2) is 0 Å². The lowest BCUT2D eigenvalue weighted by Gasteiger charge is -2.34. The third-order valence-electron chi connectivity index (χ3n) is 6.81. The van der Waals surface area contributed by atoms with Gasteiger partial charge in [-0.1, -0.05) is 62.2 Å². The molecule has 1 fully saturated rings. The number of amides is 2. The van der Waals surface area contributed by atoms with E-state index in [2.05, 4.69) is 36.1 Å². The number of unbranched alkanes of at least 4 members (excludes halogenated alkanes) is 2. The van der Waals surface area contributed by atoms with Crippen molar-refractivity contribution in [3.05, 3.63) is 71.4 Å². The summed E-state index contributed by atoms with van der Waals surface area (Å²) in [6.45, 7) is 4.21. The number of methoxy groups -OCH3 is 1. The van der Waals surface area contributed by atoms with Gasteiger partial charge in [-0.3, -0.25) is 14.5 Å². The predicted octanol–water partition coefficient (Wildman–Crippen LogP) is 4.92. The Balaban J connectivity index is 1.55. The summed E-state index contributed by atoms with van der Waals surface area (Å²) in [5, 5.41) is 0. The summed E-state index contributed by atoms with van der Waals surface area (Å²) in [7, 11) is 1.62. The SMILES string of the molecule is CCCCCN1C(=O)C(c2ccc(OC)cc2)=C(N2CCC(Cc3ccccc3)CC2)C1=O. The summed E-state index contributed by atoms with van der Waals surface area (Å²) < 4.78 is 5.28. The van der Waals surface area contributed by atoms with Gasteiger partial charge in [0.1, 0.15) is 11.4 Å². The van der Waals surface area contributed by atoms with Crippen LogP contribution in [0.25, 0.3) is 5.57 Å². The number of hydrogen-bond acceptors (Lipinski definition) is 4. The highest BCUT2D eigenvalue weighted by Crippen LogP contribution is 2.35. The number of carbonyl (C=O) groups excluding carboxylic acids is 2. The molecule has 2 aliphatic rings. The Morgan fingerprint density at radius 1 is 0.909 bits per heavy atom. The minimum atomic E-state index is -0.164. The van der Waals surface area contributed by atoms with Crippen LogP contribution in [0.1, 0.15) is 50.2 Å². The van der Waals surface area contributed by atoms with Gasteiger partial charge in [-0.15, -0.1) is 0 Å². The molecule has 2 aromatic carbocycles. The van der Waals surface area contributed by atoms with Crippen molar-refractivity contribution < 1.29 is 14.3 Å². The van der Waals surface area contributed by atoms with Gasteiger partial charge in [0.05, 0.1) is 12.7 Å². The standard InChI is InChI=1S/C28H34N2O3/c1-3-4-8-17-30-27(31)25(23-11-13-24(33-2)14-12-23)26(28(30)32)29-18-15-22(16-19-29)20-21-9-6-5-7-10-21/h5-7,9-14,22H,3-4,8,15-20H2,1-2H3.